The highest BCUT2D eigenvalue weighted by Gasteiger charge is 2.22. The predicted molar refractivity (Wildman–Crippen MR) is 92.1 cm³/mol. The number of aryl methyl sites for hydroxylation is 2. The normalized spacial score (nSPS) is 16.3. The number of hydrogen-bond donors (Lipinski definition) is 2. The lowest BCUT2D eigenvalue weighted by Crippen LogP contribution is -2.44. The molecule has 126 valence electrons. The van der Waals surface area contributed by atoms with E-state index in [9.17, 15) is 9.59 Å². The highest BCUT2D eigenvalue weighted by molar-refractivity contribution is 6.30. The average molecular weight is 347 g/mol. The molecule has 1 aliphatic rings. The first-order valence-corrected chi connectivity index (χ1v) is 8.24. The van der Waals surface area contributed by atoms with Crippen LogP contribution in [0.3, 0.4) is 0 Å². The SMILES string of the molecule is Cn1nc2c(cc1=O)CC(NC(=O)NCc1ccc(Cl)cc1)CC2. The first kappa shape index (κ1) is 16.5. The standard InChI is InChI=1S/C17H19ClN4O2/c1-22-16(23)9-12-8-14(6-7-15(12)21-22)20-17(24)19-10-11-2-4-13(18)5-3-11/h2-5,9,14H,6-8,10H2,1H3,(H2,19,20,24). The van der Waals surface area contributed by atoms with Crippen molar-refractivity contribution in [1.29, 1.82) is 0 Å². The average Bonchev–Trinajstić information content (AvgIpc) is 2.56. The van der Waals surface area contributed by atoms with Gasteiger partial charge >= 0.3 is 6.03 Å². The molecule has 1 aromatic carbocycles. The van der Waals surface area contributed by atoms with E-state index in [1.54, 1.807) is 25.2 Å². The number of benzene rings is 1. The van der Waals surface area contributed by atoms with Gasteiger partial charge in [0.15, 0.2) is 0 Å². The molecule has 0 spiro atoms. The number of halogens is 1. The molecule has 7 heteroatoms. The largest absolute Gasteiger partial charge is 0.335 e. The molecule has 0 saturated carbocycles. The highest BCUT2D eigenvalue weighted by atomic mass is 35.5. The molecule has 0 bridgehead atoms. The minimum Gasteiger partial charge on any atom is -0.335 e. The summed E-state index contributed by atoms with van der Waals surface area (Å²) in [7, 11) is 1.65. The first-order chi connectivity index (χ1) is 11.5. The number of nitrogens with one attached hydrogen (secondary N) is 2. The quantitative estimate of drug-likeness (QED) is 0.889. The van der Waals surface area contributed by atoms with Crippen LogP contribution in [0.2, 0.25) is 5.02 Å². The van der Waals surface area contributed by atoms with E-state index >= 15 is 0 Å². The van der Waals surface area contributed by atoms with E-state index in [1.807, 2.05) is 12.1 Å². The third kappa shape index (κ3) is 3.94. The van der Waals surface area contributed by atoms with Crippen molar-refractivity contribution in [3.8, 4) is 0 Å². The van der Waals surface area contributed by atoms with Gasteiger partial charge in [0.25, 0.3) is 5.56 Å². The maximum absolute atomic E-state index is 12.1. The molecule has 1 aliphatic carbocycles. The Kier molecular flexibility index (Phi) is 4.85. The smallest absolute Gasteiger partial charge is 0.315 e. The summed E-state index contributed by atoms with van der Waals surface area (Å²) < 4.78 is 1.35. The van der Waals surface area contributed by atoms with Crippen molar-refractivity contribution >= 4 is 17.6 Å². The number of carbonyl (C=O) groups excluding carboxylic acids is 1. The number of fused-ring (bicyclic) bond motifs is 1. The fourth-order valence-corrected chi connectivity index (χ4v) is 2.96. The summed E-state index contributed by atoms with van der Waals surface area (Å²) >= 11 is 5.84. The molecule has 0 aliphatic heterocycles. The lowest BCUT2D eigenvalue weighted by Gasteiger charge is -2.25. The van der Waals surface area contributed by atoms with Crippen molar-refractivity contribution in [2.75, 3.05) is 0 Å². The zero-order valence-corrected chi connectivity index (χ0v) is 14.1. The Balaban J connectivity index is 1.54. The molecule has 1 unspecified atom stereocenters. The molecule has 1 atom stereocenters. The maximum atomic E-state index is 12.1. The Hall–Kier alpha value is -2.34. The van der Waals surface area contributed by atoms with Crippen LogP contribution in [0, 0.1) is 0 Å². The molecule has 1 aromatic heterocycles. The molecule has 0 fully saturated rings. The Morgan fingerprint density at radius 1 is 1.38 bits per heavy atom. The van der Waals surface area contributed by atoms with E-state index < -0.39 is 0 Å². The van der Waals surface area contributed by atoms with Gasteiger partial charge in [-0.25, -0.2) is 9.48 Å². The molecule has 0 saturated heterocycles. The molecule has 2 N–H and O–H groups in total. The van der Waals surface area contributed by atoms with Crippen molar-refractivity contribution in [2.45, 2.75) is 31.8 Å². The highest BCUT2D eigenvalue weighted by Crippen LogP contribution is 2.17. The third-order valence-corrected chi connectivity index (χ3v) is 4.41. The van der Waals surface area contributed by atoms with Crippen molar-refractivity contribution in [1.82, 2.24) is 20.4 Å². The number of aromatic nitrogens is 2. The molecule has 2 aromatic rings. The summed E-state index contributed by atoms with van der Waals surface area (Å²) in [5.74, 6) is 0. The number of carbonyl (C=O) groups is 1. The summed E-state index contributed by atoms with van der Waals surface area (Å²) in [4.78, 5) is 23.7. The first-order valence-electron chi connectivity index (χ1n) is 7.86. The van der Waals surface area contributed by atoms with Crippen LogP contribution >= 0.6 is 11.6 Å². The van der Waals surface area contributed by atoms with Gasteiger partial charge in [0, 0.05) is 30.7 Å². The van der Waals surface area contributed by atoms with Crippen LogP contribution in [0.4, 0.5) is 4.79 Å². The van der Waals surface area contributed by atoms with E-state index in [1.165, 1.54) is 4.68 Å². The van der Waals surface area contributed by atoms with Gasteiger partial charge in [-0.15, -0.1) is 0 Å². The van der Waals surface area contributed by atoms with E-state index in [0.717, 1.165) is 29.7 Å². The molecule has 1 heterocycles. The molecule has 3 rings (SSSR count). The fourth-order valence-electron chi connectivity index (χ4n) is 2.83. The van der Waals surface area contributed by atoms with Crippen LogP contribution in [0.5, 0.6) is 0 Å². The molecular weight excluding hydrogens is 328 g/mol. The zero-order valence-electron chi connectivity index (χ0n) is 13.4. The van der Waals surface area contributed by atoms with Gasteiger partial charge in [-0.3, -0.25) is 4.79 Å². The third-order valence-electron chi connectivity index (χ3n) is 4.16. The monoisotopic (exact) mass is 346 g/mol. The molecule has 6 nitrogen and oxygen atoms in total. The van der Waals surface area contributed by atoms with Crippen molar-refractivity contribution < 1.29 is 4.79 Å². The number of nitrogens with zero attached hydrogens (tertiary/aromatic N) is 2. The second kappa shape index (κ2) is 7.05. The van der Waals surface area contributed by atoms with Crippen LogP contribution in [0.1, 0.15) is 23.2 Å². The summed E-state index contributed by atoms with van der Waals surface area (Å²) in [5, 5.41) is 10.7. The Morgan fingerprint density at radius 3 is 2.88 bits per heavy atom. The summed E-state index contributed by atoms with van der Waals surface area (Å²) in [6.45, 7) is 0.439. The van der Waals surface area contributed by atoms with Crippen LogP contribution in [-0.4, -0.2) is 21.9 Å². The molecular formula is C17H19ClN4O2. The number of rotatable bonds is 3. The van der Waals surface area contributed by atoms with Crippen molar-refractivity contribution in [3.05, 3.63) is 62.5 Å². The van der Waals surface area contributed by atoms with Crippen LogP contribution in [0.15, 0.2) is 35.1 Å². The van der Waals surface area contributed by atoms with Gasteiger partial charge in [0.1, 0.15) is 0 Å². The zero-order chi connectivity index (χ0) is 17.1. The second-order valence-electron chi connectivity index (χ2n) is 5.97. The van der Waals surface area contributed by atoms with Crippen LogP contribution in [-0.2, 0) is 26.4 Å². The van der Waals surface area contributed by atoms with E-state index in [4.69, 9.17) is 11.6 Å². The minimum absolute atomic E-state index is 0.0108. The summed E-state index contributed by atoms with van der Waals surface area (Å²) in [6.07, 6.45) is 2.20. The van der Waals surface area contributed by atoms with Crippen molar-refractivity contribution in [3.63, 3.8) is 0 Å². The topological polar surface area (TPSA) is 76.0 Å². The van der Waals surface area contributed by atoms with E-state index in [2.05, 4.69) is 15.7 Å². The number of hydrogen-bond acceptors (Lipinski definition) is 3. The van der Waals surface area contributed by atoms with Crippen LogP contribution < -0.4 is 16.2 Å². The van der Waals surface area contributed by atoms with Gasteiger partial charge < -0.3 is 10.6 Å². The van der Waals surface area contributed by atoms with Gasteiger partial charge in [-0.1, -0.05) is 23.7 Å². The van der Waals surface area contributed by atoms with Crippen molar-refractivity contribution in [2.24, 2.45) is 7.05 Å². The Bertz CT molecular complexity index is 801. The summed E-state index contributed by atoms with van der Waals surface area (Å²) in [6, 6.07) is 8.75. The van der Waals surface area contributed by atoms with Gasteiger partial charge in [-0.2, -0.15) is 5.10 Å². The molecule has 24 heavy (non-hydrogen) atoms. The number of urea groups is 1. The lowest BCUT2D eigenvalue weighted by atomic mass is 9.92. The van der Waals surface area contributed by atoms with E-state index in [-0.39, 0.29) is 17.6 Å². The summed E-state index contributed by atoms with van der Waals surface area (Å²) in [5.41, 5.74) is 2.72. The Labute approximate surface area is 144 Å². The predicted octanol–water partition coefficient (Wildman–Crippen LogP) is 1.79. The lowest BCUT2D eigenvalue weighted by molar-refractivity contribution is 0.235. The molecule has 2 amide bonds. The maximum Gasteiger partial charge on any atom is 0.315 e. The van der Waals surface area contributed by atoms with Gasteiger partial charge in [-0.05, 0) is 42.5 Å². The number of amides is 2. The minimum atomic E-state index is -0.213. The van der Waals surface area contributed by atoms with Gasteiger partial charge in [0.05, 0.1) is 5.69 Å². The Morgan fingerprint density at radius 2 is 2.12 bits per heavy atom. The van der Waals surface area contributed by atoms with Crippen LogP contribution in [0.25, 0.3) is 0 Å². The van der Waals surface area contributed by atoms with Gasteiger partial charge in [0.2, 0.25) is 0 Å². The second-order valence-corrected chi connectivity index (χ2v) is 6.41. The fraction of sp³-hybridized carbons (Fsp3) is 0.353. The van der Waals surface area contributed by atoms with E-state index in [0.29, 0.717) is 18.0 Å². The molecule has 0 radical (unpaired) electrons.